The molecule has 0 unspecified atom stereocenters. The Labute approximate surface area is 38.8 Å². The van der Waals surface area contributed by atoms with E-state index in [0.717, 1.165) is 0 Å². The highest BCUT2D eigenvalue weighted by Gasteiger charge is 1.57. The van der Waals surface area contributed by atoms with Gasteiger partial charge >= 0.3 is 0 Å². The molecule has 0 aromatic heterocycles. The first kappa shape index (κ1) is 2.40. The zero-order valence-corrected chi connectivity index (χ0v) is 3.39. The summed E-state index contributed by atoms with van der Waals surface area (Å²) in [6.07, 6.45) is 0. The van der Waals surface area contributed by atoms with Crippen LogP contribution in [0.25, 0.3) is 0 Å². The summed E-state index contributed by atoms with van der Waals surface area (Å²) in [6.45, 7) is 0. The summed E-state index contributed by atoms with van der Waals surface area (Å²) in [5.74, 6) is 0. The van der Waals surface area contributed by atoms with Crippen LogP contribution in [0.4, 0.5) is 0 Å². The molecule has 0 heteroatoms. The lowest BCUT2D eigenvalue weighted by molar-refractivity contribution is 1.72. The maximum Gasteiger partial charge on any atom is 0.0623 e. The van der Waals surface area contributed by atoms with Gasteiger partial charge in [-0.1, -0.05) is 36.4 Å². The molecule has 1 aromatic carbocycles. The Morgan fingerprint density at radius 1 is 0.833 bits per heavy atom. The monoisotopic (exact) mass is 79.1 g/mol. The second kappa shape index (κ2) is 1.61. The van der Waals surface area contributed by atoms with E-state index in [1.807, 2.05) is 18.2 Å². The summed E-state index contributed by atoms with van der Waals surface area (Å²) in [5, 5.41) is 0. The second-order valence-electron chi connectivity index (χ2n) is 1.08. The summed E-state index contributed by atoms with van der Waals surface area (Å²) < 4.78 is 7.00. The Kier molecular flexibility index (Phi) is 0.643. The number of hydrogen-bond donors (Lipinski definition) is 0. The molecule has 1 rings (SSSR count). The molecule has 0 spiro atoms. The molecule has 0 amide bonds. The van der Waals surface area contributed by atoms with Gasteiger partial charge in [-0.3, -0.25) is 0 Å². The van der Waals surface area contributed by atoms with E-state index in [2.05, 4.69) is 0 Å². The predicted molar refractivity (Wildman–Crippen MR) is 26.4 cm³/mol. The van der Waals surface area contributed by atoms with Gasteiger partial charge in [0.25, 0.3) is 0 Å². The molecular formula is C6H6. The number of rotatable bonds is 0. The molecule has 0 fully saturated rings. The lowest BCUT2D eigenvalue weighted by atomic mass is 10.4. The predicted octanol–water partition coefficient (Wildman–Crippen LogP) is 1.69. The molecule has 0 radical (unpaired) electrons. The van der Waals surface area contributed by atoms with Crippen LogP contribution < -0.4 is 0 Å². The van der Waals surface area contributed by atoms with Gasteiger partial charge in [0.15, 0.2) is 0 Å². The smallest absolute Gasteiger partial charge is 0.0623 e. The topological polar surface area (TPSA) is 0 Å². The van der Waals surface area contributed by atoms with Crippen molar-refractivity contribution in [1.29, 1.82) is 0 Å². The minimum atomic E-state index is 0.572. The van der Waals surface area contributed by atoms with Gasteiger partial charge in [0.05, 0.1) is 1.37 Å². The van der Waals surface area contributed by atoms with Crippen molar-refractivity contribution >= 4 is 0 Å². The zero-order valence-electron chi connectivity index (χ0n) is 4.39. The third-order valence-corrected chi connectivity index (χ3v) is 0.607. The molecule has 0 atom stereocenters. The van der Waals surface area contributed by atoms with Gasteiger partial charge in [0.2, 0.25) is 0 Å². The lowest BCUT2D eigenvalue weighted by Gasteiger charge is -1.69. The quantitative estimate of drug-likeness (QED) is 0.444. The highest BCUT2D eigenvalue weighted by molar-refractivity contribution is 4.99. The average Bonchev–Trinajstić information content (AvgIpc) is 1.69. The third-order valence-electron chi connectivity index (χ3n) is 0.607. The first-order valence-corrected chi connectivity index (χ1v) is 1.91. The van der Waals surface area contributed by atoms with E-state index in [0.29, 0.717) is 6.04 Å². The van der Waals surface area contributed by atoms with Gasteiger partial charge in [0.1, 0.15) is 0 Å². The Morgan fingerprint density at radius 3 is 1.67 bits per heavy atom. The minimum Gasteiger partial charge on any atom is -0.0623 e. The summed E-state index contributed by atoms with van der Waals surface area (Å²) in [5.41, 5.74) is 0. The molecule has 6 heavy (non-hydrogen) atoms. The van der Waals surface area contributed by atoms with Gasteiger partial charge in [-0.2, -0.15) is 0 Å². The molecule has 0 aliphatic rings. The molecule has 0 N–H and O–H groups in total. The Balaban J connectivity index is 3.02. The van der Waals surface area contributed by atoms with E-state index in [1.165, 1.54) is 0 Å². The average molecular weight is 79.1 g/mol. The Bertz CT molecular complexity index is 134. The van der Waals surface area contributed by atoms with Gasteiger partial charge in [-0.15, -0.1) is 0 Å². The molecule has 0 aliphatic heterocycles. The molecule has 0 saturated heterocycles. The van der Waals surface area contributed by atoms with E-state index < -0.39 is 0 Å². The van der Waals surface area contributed by atoms with Crippen molar-refractivity contribution in [3.05, 3.63) is 36.4 Å². The molecule has 0 saturated carbocycles. The van der Waals surface area contributed by atoms with Crippen LogP contribution in [0.2, 0.25) is 0 Å². The number of hydrogen-bond acceptors (Lipinski definition) is 0. The maximum absolute atomic E-state index is 7.00. The van der Waals surface area contributed by atoms with E-state index in [9.17, 15) is 0 Å². The first-order valence-electron chi connectivity index (χ1n) is 2.41. The van der Waals surface area contributed by atoms with Gasteiger partial charge in [-0.25, -0.2) is 0 Å². The summed E-state index contributed by atoms with van der Waals surface area (Å²) >= 11 is 0. The van der Waals surface area contributed by atoms with Gasteiger partial charge in [0, 0.05) is 0 Å². The normalized spacial score (nSPS) is 10.3. The molecular weight excluding hydrogens is 72.1 g/mol. The van der Waals surface area contributed by atoms with E-state index in [1.54, 1.807) is 12.1 Å². The largest absolute Gasteiger partial charge is 0.0623 e. The van der Waals surface area contributed by atoms with Gasteiger partial charge in [-0.05, 0) is 0 Å². The second-order valence-corrected chi connectivity index (χ2v) is 1.08. The SMILES string of the molecule is [2H]c1ccccc1. The minimum absolute atomic E-state index is 0.572. The summed E-state index contributed by atoms with van der Waals surface area (Å²) in [7, 11) is 0. The highest BCUT2D eigenvalue weighted by Crippen LogP contribution is 1.79. The van der Waals surface area contributed by atoms with Crippen LogP contribution in [0.3, 0.4) is 0 Å². The van der Waals surface area contributed by atoms with Crippen molar-refractivity contribution in [1.82, 2.24) is 0 Å². The fourth-order valence-electron chi connectivity index (χ4n) is 0.342. The molecule has 30 valence electrons. The zero-order chi connectivity index (χ0) is 5.11. The van der Waals surface area contributed by atoms with Crippen molar-refractivity contribution in [2.24, 2.45) is 0 Å². The van der Waals surface area contributed by atoms with E-state index >= 15 is 0 Å². The Morgan fingerprint density at radius 2 is 1.33 bits per heavy atom. The van der Waals surface area contributed by atoms with Crippen molar-refractivity contribution < 1.29 is 1.37 Å². The van der Waals surface area contributed by atoms with Crippen molar-refractivity contribution in [3.63, 3.8) is 0 Å². The molecule has 0 nitrogen and oxygen atoms in total. The van der Waals surface area contributed by atoms with Crippen LogP contribution >= 0.6 is 0 Å². The van der Waals surface area contributed by atoms with Crippen LogP contribution in [0.1, 0.15) is 1.37 Å². The fraction of sp³-hybridized carbons (Fsp3) is 0. The van der Waals surface area contributed by atoms with Crippen LogP contribution in [0.5, 0.6) is 0 Å². The van der Waals surface area contributed by atoms with Crippen molar-refractivity contribution in [3.8, 4) is 0 Å². The molecule has 0 heterocycles. The highest BCUT2D eigenvalue weighted by atomic mass is 13.6. The maximum atomic E-state index is 7.00. The fourth-order valence-corrected chi connectivity index (χ4v) is 0.342. The number of benzene rings is 1. The molecule has 0 bridgehead atoms. The van der Waals surface area contributed by atoms with Gasteiger partial charge < -0.3 is 0 Å². The standard InChI is InChI=1S/C6H6/c1-2-4-6-5-3-1/h1-6H/i1D. The molecule has 1 aromatic rings. The van der Waals surface area contributed by atoms with Crippen molar-refractivity contribution in [2.75, 3.05) is 0 Å². The first-order chi connectivity index (χ1) is 3.39. The van der Waals surface area contributed by atoms with Crippen molar-refractivity contribution in [2.45, 2.75) is 0 Å². The molecule has 0 aliphatic carbocycles. The van der Waals surface area contributed by atoms with Crippen LogP contribution in [0, 0.1) is 0 Å². The van der Waals surface area contributed by atoms with E-state index in [4.69, 9.17) is 1.37 Å². The van der Waals surface area contributed by atoms with Crippen LogP contribution in [-0.4, -0.2) is 0 Å². The van der Waals surface area contributed by atoms with E-state index in [-0.39, 0.29) is 0 Å². The Hall–Kier alpha value is -0.780. The summed E-state index contributed by atoms with van der Waals surface area (Å²) in [4.78, 5) is 0. The van der Waals surface area contributed by atoms with Crippen LogP contribution in [-0.2, 0) is 0 Å². The third kappa shape index (κ3) is 0.582. The lowest BCUT2D eigenvalue weighted by Crippen LogP contribution is -1.47. The van der Waals surface area contributed by atoms with Crippen LogP contribution in [0.15, 0.2) is 36.4 Å². The summed E-state index contributed by atoms with van der Waals surface area (Å²) in [6, 6.07) is 9.67.